The standard InChI is InChI=1S/C21H24ClFN5O/c1-27-8-3-5-19-18(27)7-9-28(19)12-14-15(22)10-13(11-16(14)23)21(25)26-29-20-6-2-4-17(20)24/h3,5,7-11,17,20H,2,4,6,12,24H2,1H3,(H2,25,26)/q+1. The summed E-state index contributed by atoms with van der Waals surface area (Å²) in [4.78, 5) is 5.45. The molecule has 1 aromatic carbocycles. The second-order valence-corrected chi connectivity index (χ2v) is 7.87. The Hall–Kier alpha value is -2.64. The Balaban J connectivity index is 1.57. The van der Waals surface area contributed by atoms with Crippen molar-refractivity contribution in [2.75, 3.05) is 0 Å². The number of pyridine rings is 1. The van der Waals surface area contributed by atoms with Crippen LogP contribution in [0, 0.1) is 5.82 Å². The molecule has 1 aliphatic rings. The summed E-state index contributed by atoms with van der Waals surface area (Å²) in [5.41, 5.74) is 14.8. The van der Waals surface area contributed by atoms with E-state index < -0.39 is 5.82 Å². The summed E-state index contributed by atoms with van der Waals surface area (Å²) in [5, 5.41) is 4.24. The highest BCUT2D eigenvalue weighted by Crippen LogP contribution is 2.25. The predicted molar refractivity (Wildman–Crippen MR) is 111 cm³/mol. The summed E-state index contributed by atoms with van der Waals surface area (Å²) in [6.07, 6.45) is 6.48. The van der Waals surface area contributed by atoms with Crippen LogP contribution in [0.25, 0.3) is 11.0 Å². The summed E-state index contributed by atoms with van der Waals surface area (Å²) < 4.78 is 18.8. The van der Waals surface area contributed by atoms with Crippen LogP contribution in [-0.4, -0.2) is 22.5 Å². The number of benzene rings is 1. The van der Waals surface area contributed by atoms with E-state index in [1.807, 2.05) is 46.8 Å². The summed E-state index contributed by atoms with van der Waals surface area (Å²) in [6.45, 7) is 0.308. The second-order valence-electron chi connectivity index (χ2n) is 7.47. The maximum Gasteiger partial charge on any atom is 0.230 e. The molecule has 0 amide bonds. The lowest BCUT2D eigenvalue weighted by atomic mass is 10.1. The van der Waals surface area contributed by atoms with Gasteiger partial charge in [0.2, 0.25) is 5.52 Å². The number of aryl methyl sites for hydroxylation is 1. The smallest absolute Gasteiger partial charge is 0.230 e. The number of halogens is 2. The number of nitrogens with two attached hydrogens (primary N) is 2. The molecular weight excluding hydrogens is 393 g/mol. The van der Waals surface area contributed by atoms with Crippen LogP contribution in [0.3, 0.4) is 0 Å². The van der Waals surface area contributed by atoms with Crippen molar-refractivity contribution in [2.45, 2.75) is 38.0 Å². The minimum absolute atomic E-state index is 0.0487. The van der Waals surface area contributed by atoms with Crippen molar-refractivity contribution in [3.63, 3.8) is 0 Å². The molecular formula is C21H24ClFN5O+. The quantitative estimate of drug-likeness (QED) is 0.290. The van der Waals surface area contributed by atoms with E-state index in [4.69, 9.17) is 27.9 Å². The van der Waals surface area contributed by atoms with E-state index in [1.54, 1.807) is 6.07 Å². The molecule has 4 N–H and O–H groups in total. The molecule has 6 nitrogen and oxygen atoms in total. The van der Waals surface area contributed by atoms with Gasteiger partial charge >= 0.3 is 0 Å². The molecule has 2 heterocycles. The van der Waals surface area contributed by atoms with Crippen LogP contribution in [-0.2, 0) is 18.4 Å². The van der Waals surface area contributed by atoms with Gasteiger partial charge < -0.3 is 20.9 Å². The monoisotopic (exact) mass is 416 g/mol. The summed E-state index contributed by atoms with van der Waals surface area (Å²) >= 11 is 6.40. The minimum atomic E-state index is -0.439. The molecule has 2 aromatic heterocycles. The van der Waals surface area contributed by atoms with Gasteiger partial charge in [-0.2, -0.15) is 4.57 Å². The Bertz CT molecular complexity index is 1060. The molecule has 0 bridgehead atoms. The molecule has 29 heavy (non-hydrogen) atoms. The van der Waals surface area contributed by atoms with Gasteiger partial charge in [-0.05, 0) is 37.5 Å². The molecule has 152 valence electrons. The van der Waals surface area contributed by atoms with Crippen LogP contribution < -0.4 is 16.0 Å². The van der Waals surface area contributed by atoms with Crippen molar-refractivity contribution in [2.24, 2.45) is 23.7 Å². The Labute approximate surface area is 173 Å². The van der Waals surface area contributed by atoms with Crippen molar-refractivity contribution in [3.05, 3.63) is 64.7 Å². The van der Waals surface area contributed by atoms with Gasteiger partial charge in [-0.1, -0.05) is 16.8 Å². The minimum Gasteiger partial charge on any atom is -0.389 e. The highest BCUT2D eigenvalue weighted by Gasteiger charge is 2.26. The number of amidine groups is 1. The third-order valence-electron chi connectivity index (χ3n) is 5.48. The van der Waals surface area contributed by atoms with Gasteiger partial charge in [0.25, 0.3) is 0 Å². The first-order valence-electron chi connectivity index (χ1n) is 9.60. The maximum atomic E-state index is 14.9. The topological polar surface area (TPSA) is 82.4 Å². The zero-order valence-corrected chi connectivity index (χ0v) is 16.9. The molecule has 0 aliphatic heterocycles. The number of nitrogens with zero attached hydrogens (tertiary/aromatic N) is 3. The fourth-order valence-corrected chi connectivity index (χ4v) is 4.04. The molecule has 1 fully saturated rings. The molecule has 0 spiro atoms. The van der Waals surface area contributed by atoms with E-state index in [0.717, 1.165) is 30.3 Å². The Morgan fingerprint density at radius 3 is 2.93 bits per heavy atom. The lowest BCUT2D eigenvalue weighted by molar-refractivity contribution is -0.644. The second kappa shape index (κ2) is 8.00. The molecule has 2 atom stereocenters. The first kappa shape index (κ1) is 19.7. The fraction of sp³-hybridized carbons (Fsp3) is 0.333. The van der Waals surface area contributed by atoms with E-state index >= 15 is 0 Å². The fourth-order valence-electron chi connectivity index (χ4n) is 3.77. The third kappa shape index (κ3) is 3.93. The highest BCUT2D eigenvalue weighted by atomic mass is 35.5. The molecule has 0 radical (unpaired) electrons. The third-order valence-corrected chi connectivity index (χ3v) is 5.82. The van der Waals surface area contributed by atoms with Crippen molar-refractivity contribution < 1.29 is 13.8 Å². The SMILES string of the molecule is C[n+]1cccc2c1ccn2Cc1c(F)cc(C(N)=NOC2CCCC2N)cc1Cl. The van der Waals surface area contributed by atoms with Crippen LogP contribution in [0.5, 0.6) is 0 Å². The number of rotatable bonds is 5. The van der Waals surface area contributed by atoms with Gasteiger partial charge in [0.1, 0.15) is 24.5 Å². The molecule has 1 saturated carbocycles. The molecule has 0 saturated heterocycles. The van der Waals surface area contributed by atoms with E-state index in [2.05, 4.69) is 5.16 Å². The molecule has 2 unspecified atom stereocenters. The predicted octanol–water partition coefficient (Wildman–Crippen LogP) is 2.82. The average Bonchev–Trinajstić information content (AvgIpc) is 3.29. The molecule has 4 rings (SSSR count). The van der Waals surface area contributed by atoms with E-state index in [1.165, 1.54) is 6.07 Å². The van der Waals surface area contributed by atoms with Crippen LogP contribution >= 0.6 is 11.6 Å². The van der Waals surface area contributed by atoms with E-state index in [9.17, 15) is 4.39 Å². The normalized spacial score (nSPS) is 19.8. The maximum absolute atomic E-state index is 14.9. The van der Waals surface area contributed by atoms with Gasteiger partial charge in [-0.15, -0.1) is 0 Å². The number of hydrogen-bond donors (Lipinski definition) is 2. The van der Waals surface area contributed by atoms with E-state index in [0.29, 0.717) is 17.7 Å². The average molecular weight is 417 g/mol. The highest BCUT2D eigenvalue weighted by molar-refractivity contribution is 6.31. The van der Waals surface area contributed by atoms with Gasteiger partial charge in [-0.3, -0.25) is 0 Å². The Kier molecular flexibility index (Phi) is 5.43. The summed E-state index contributed by atoms with van der Waals surface area (Å²) in [7, 11) is 1.97. The number of oxime groups is 1. The first-order chi connectivity index (χ1) is 13.9. The van der Waals surface area contributed by atoms with Crippen LogP contribution in [0.2, 0.25) is 5.02 Å². The lowest BCUT2D eigenvalue weighted by Crippen LogP contribution is -2.30. The van der Waals surface area contributed by atoms with Gasteiger partial charge in [0.05, 0.1) is 6.54 Å². The Morgan fingerprint density at radius 1 is 1.38 bits per heavy atom. The van der Waals surface area contributed by atoms with Crippen LogP contribution in [0.1, 0.15) is 30.4 Å². The molecule has 1 aliphatic carbocycles. The lowest BCUT2D eigenvalue weighted by Gasteiger charge is -2.14. The van der Waals surface area contributed by atoms with E-state index in [-0.39, 0.29) is 23.0 Å². The summed E-state index contributed by atoms with van der Waals surface area (Å²) in [6, 6.07) is 8.84. The van der Waals surface area contributed by atoms with Gasteiger partial charge in [0.15, 0.2) is 12.0 Å². The zero-order valence-electron chi connectivity index (χ0n) is 16.2. The van der Waals surface area contributed by atoms with Crippen LogP contribution in [0.4, 0.5) is 4.39 Å². The van der Waals surface area contributed by atoms with Crippen molar-refractivity contribution in [3.8, 4) is 0 Å². The van der Waals surface area contributed by atoms with Gasteiger partial charge in [0, 0.05) is 40.5 Å². The summed E-state index contributed by atoms with van der Waals surface area (Å²) in [5.74, 6) is -0.361. The van der Waals surface area contributed by atoms with Crippen molar-refractivity contribution in [1.82, 2.24) is 4.57 Å². The Morgan fingerprint density at radius 2 is 2.21 bits per heavy atom. The number of hydrogen-bond acceptors (Lipinski definition) is 3. The number of aromatic nitrogens is 2. The molecule has 8 heteroatoms. The molecule has 3 aromatic rings. The van der Waals surface area contributed by atoms with Crippen LogP contribution in [0.15, 0.2) is 47.9 Å². The largest absolute Gasteiger partial charge is 0.389 e. The van der Waals surface area contributed by atoms with Gasteiger partial charge in [-0.25, -0.2) is 4.39 Å². The first-order valence-corrected chi connectivity index (χ1v) is 9.98. The van der Waals surface area contributed by atoms with Crippen molar-refractivity contribution in [1.29, 1.82) is 0 Å². The number of fused-ring (bicyclic) bond motifs is 1. The van der Waals surface area contributed by atoms with Crippen molar-refractivity contribution >= 4 is 28.5 Å². The zero-order chi connectivity index (χ0) is 20.5.